The summed E-state index contributed by atoms with van der Waals surface area (Å²) in [6, 6.07) is 48.5. The summed E-state index contributed by atoms with van der Waals surface area (Å²) in [5, 5.41) is 5.98. The molecule has 0 saturated carbocycles. The van der Waals surface area contributed by atoms with Crippen LogP contribution in [-0.4, -0.2) is 0 Å². The first-order valence-corrected chi connectivity index (χ1v) is 18.1. The highest BCUT2D eigenvalue weighted by Crippen LogP contribution is 2.44. The van der Waals surface area contributed by atoms with Crippen LogP contribution in [0.1, 0.15) is 79.0 Å². The van der Waals surface area contributed by atoms with Crippen molar-refractivity contribution in [3.63, 3.8) is 0 Å². The third kappa shape index (κ3) is 7.03. The number of fused-ring (bicyclic) bond motifs is 3. The summed E-state index contributed by atoms with van der Waals surface area (Å²) in [5.41, 5.74) is 13.5. The molecule has 0 aliphatic heterocycles. The number of anilines is 5. The van der Waals surface area contributed by atoms with Gasteiger partial charge in [-0.15, -0.1) is 0 Å². The van der Waals surface area contributed by atoms with E-state index in [1.807, 2.05) is 12.1 Å². The number of hydrogen-bond acceptors (Lipinski definition) is 3. The van der Waals surface area contributed by atoms with E-state index in [0.29, 0.717) is 0 Å². The molecule has 51 heavy (non-hydrogen) atoms. The highest BCUT2D eigenvalue weighted by molar-refractivity contribution is 6.06. The second-order valence-electron chi connectivity index (χ2n) is 16.9. The number of nitrogens with zero attached hydrogens (tertiary/aromatic N) is 1. The van der Waals surface area contributed by atoms with Crippen LogP contribution >= 0.6 is 0 Å². The molecule has 0 atom stereocenters. The molecule has 7 rings (SSSR count). The van der Waals surface area contributed by atoms with Crippen LogP contribution in [0.3, 0.4) is 0 Å². The molecule has 0 fully saturated rings. The summed E-state index contributed by atoms with van der Waals surface area (Å²) in [6.07, 6.45) is 0. The SMILES string of the molecule is CC(C)(C)c1ccc(Nc2ccc(-c3ccc4c(c3)oc3ccccc34)c(N(c3ccc(C(C)(C)C)cc3)c3ccc(C(C)(C)C)cc3)c2)cc1. The van der Waals surface area contributed by atoms with Gasteiger partial charge in [0.05, 0.1) is 5.69 Å². The molecule has 0 aliphatic carbocycles. The third-order valence-electron chi connectivity index (χ3n) is 9.95. The maximum absolute atomic E-state index is 6.38. The fourth-order valence-electron chi connectivity index (χ4n) is 6.80. The van der Waals surface area contributed by atoms with Crippen molar-refractivity contribution in [3.05, 3.63) is 150 Å². The second kappa shape index (κ2) is 12.8. The van der Waals surface area contributed by atoms with Crippen molar-refractivity contribution in [2.75, 3.05) is 10.2 Å². The Bertz CT molecular complexity index is 2250. The summed E-state index contributed by atoms with van der Waals surface area (Å²) in [4.78, 5) is 2.39. The molecule has 0 aliphatic rings. The van der Waals surface area contributed by atoms with Crippen LogP contribution in [0.15, 0.2) is 138 Å². The van der Waals surface area contributed by atoms with Crippen LogP contribution in [0.4, 0.5) is 28.4 Å². The van der Waals surface area contributed by atoms with E-state index in [4.69, 9.17) is 4.42 Å². The Kier molecular flexibility index (Phi) is 8.58. The molecule has 6 aromatic carbocycles. The minimum atomic E-state index is 0.0528. The molecule has 0 bridgehead atoms. The van der Waals surface area contributed by atoms with Crippen LogP contribution in [0, 0.1) is 0 Å². The van der Waals surface area contributed by atoms with Crippen molar-refractivity contribution < 1.29 is 4.42 Å². The Morgan fingerprint density at radius 1 is 0.451 bits per heavy atom. The molecule has 0 saturated heterocycles. The standard InChI is InChI=1S/C48H50N2O/c1-46(2,3)33-15-21-36(22-16-33)49-37-23-29-40(32-14-28-42-41-12-10-11-13-44(41)51-45(42)30-32)43(31-37)50(38-24-17-34(18-25-38)47(4,5)6)39-26-19-35(20-27-39)48(7,8)9/h10-31,49H,1-9H3. The number of furan rings is 1. The predicted molar refractivity (Wildman–Crippen MR) is 220 cm³/mol. The Morgan fingerprint density at radius 3 is 1.49 bits per heavy atom. The third-order valence-corrected chi connectivity index (χ3v) is 9.95. The first-order chi connectivity index (χ1) is 24.1. The van der Waals surface area contributed by atoms with E-state index in [0.717, 1.165) is 61.5 Å². The van der Waals surface area contributed by atoms with Gasteiger partial charge >= 0.3 is 0 Å². The van der Waals surface area contributed by atoms with Crippen molar-refractivity contribution in [1.29, 1.82) is 0 Å². The van der Waals surface area contributed by atoms with Crippen molar-refractivity contribution in [2.45, 2.75) is 78.6 Å². The van der Waals surface area contributed by atoms with Crippen molar-refractivity contribution in [3.8, 4) is 11.1 Å². The van der Waals surface area contributed by atoms with E-state index < -0.39 is 0 Å². The Morgan fingerprint density at radius 2 is 0.941 bits per heavy atom. The van der Waals surface area contributed by atoms with Gasteiger partial charge < -0.3 is 14.6 Å². The molecular weight excluding hydrogens is 621 g/mol. The molecule has 258 valence electrons. The molecule has 1 heterocycles. The average Bonchev–Trinajstić information content (AvgIpc) is 3.46. The number of benzene rings is 6. The first-order valence-electron chi connectivity index (χ1n) is 18.1. The maximum Gasteiger partial charge on any atom is 0.136 e. The van der Waals surface area contributed by atoms with Crippen LogP contribution in [-0.2, 0) is 16.2 Å². The average molecular weight is 671 g/mol. The smallest absolute Gasteiger partial charge is 0.136 e. The minimum absolute atomic E-state index is 0.0528. The lowest BCUT2D eigenvalue weighted by Crippen LogP contribution is -2.15. The van der Waals surface area contributed by atoms with Gasteiger partial charge in [0.25, 0.3) is 0 Å². The first kappa shape index (κ1) is 34.2. The van der Waals surface area contributed by atoms with Crippen molar-refractivity contribution in [2.24, 2.45) is 0 Å². The minimum Gasteiger partial charge on any atom is -0.456 e. The fraction of sp³-hybridized carbons (Fsp3) is 0.250. The summed E-state index contributed by atoms with van der Waals surface area (Å²) in [5.74, 6) is 0. The van der Waals surface area contributed by atoms with E-state index in [1.165, 1.54) is 16.7 Å². The molecule has 7 aromatic rings. The maximum atomic E-state index is 6.38. The van der Waals surface area contributed by atoms with Gasteiger partial charge in [-0.3, -0.25) is 0 Å². The van der Waals surface area contributed by atoms with Gasteiger partial charge in [-0.2, -0.15) is 0 Å². The van der Waals surface area contributed by atoms with Gasteiger partial charge in [-0.1, -0.05) is 129 Å². The number of hydrogen-bond donors (Lipinski definition) is 1. The largest absolute Gasteiger partial charge is 0.456 e. The molecule has 0 amide bonds. The zero-order valence-electron chi connectivity index (χ0n) is 31.6. The van der Waals surface area contributed by atoms with Crippen LogP contribution in [0.2, 0.25) is 0 Å². The molecule has 3 heteroatoms. The van der Waals surface area contributed by atoms with E-state index in [9.17, 15) is 0 Å². The van der Waals surface area contributed by atoms with Crippen molar-refractivity contribution in [1.82, 2.24) is 0 Å². The normalized spacial score (nSPS) is 12.4. The predicted octanol–water partition coefficient (Wildman–Crippen LogP) is 14.4. The molecule has 0 radical (unpaired) electrons. The quantitative estimate of drug-likeness (QED) is 0.191. The Balaban J connectivity index is 1.41. The summed E-state index contributed by atoms with van der Waals surface area (Å²) in [7, 11) is 0. The second-order valence-corrected chi connectivity index (χ2v) is 16.9. The van der Waals surface area contributed by atoms with Crippen LogP contribution in [0.5, 0.6) is 0 Å². The van der Waals surface area contributed by atoms with Gasteiger partial charge in [0, 0.05) is 39.1 Å². The zero-order chi connectivity index (χ0) is 36.1. The fourth-order valence-corrected chi connectivity index (χ4v) is 6.80. The number of nitrogens with one attached hydrogen (secondary N) is 1. The number of rotatable bonds is 6. The van der Waals surface area contributed by atoms with E-state index in [2.05, 4.69) is 194 Å². The van der Waals surface area contributed by atoms with Gasteiger partial charge in [0.15, 0.2) is 0 Å². The van der Waals surface area contributed by atoms with E-state index >= 15 is 0 Å². The summed E-state index contributed by atoms with van der Waals surface area (Å²) >= 11 is 0. The van der Waals surface area contributed by atoms with E-state index in [-0.39, 0.29) is 16.2 Å². The lowest BCUT2D eigenvalue weighted by molar-refractivity contribution is 0.590. The van der Waals surface area contributed by atoms with Gasteiger partial charge in [0.2, 0.25) is 0 Å². The van der Waals surface area contributed by atoms with Crippen LogP contribution < -0.4 is 10.2 Å². The van der Waals surface area contributed by atoms with Crippen molar-refractivity contribution >= 4 is 50.4 Å². The number of para-hydroxylation sites is 1. The Labute approximate surface area is 304 Å². The molecule has 0 spiro atoms. The van der Waals surface area contributed by atoms with Gasteiger partial charge in [-0.25, -0.2) is 0 Å². The van der Waals surface area contributed by atoms with Gasteiger partial charge in [-0.05, 0) is 105 Å². The zero-order valence-corrected chi connectivity index (χ0v) is 31.6. The summed E-state index contributed by atoms with van der Waals surface area (Å²) in [6.45, 7) is 20.3. The molecule has 0 unspecified atom stereocenters. The lowest BCUT2D eigenvalue weighted by Gasteiger charge is -2.30. The molecule has 1 aromatic heterocycles. The Hall–Kier alpha value is -5.28. The van der Waals surface area contributed by atoms with Crippen LogP contribution in [0.25, 0.3) is 33.1 Å². The monoisotopic (exact) mass is 670 g/mol. The topological polar surface area (TPSA) is 28.4 Å². The highest BCUT2D eigenvalue weighted by Gasteiger charge is 2.22. The molecule has 3 nitrogen and oxygen atoms in total. The van der Waals surface area contributed by atoms with Gasteiger partial charge in [0.1, 0.15) is 11.2 Å². The summed E-state index contributed by atoms with van der Waals surface area (Å²) < 4.78 is 6.38. The van der Waals surface area contributed by atoms with E-state index in [1.54, 1.807) is 0 Å². The molecular formula is C48H50N2O. The molecule has 1 N–H and O–H groups in total. The lowest BCUT2D eigenvalue weighted by atomic mass is 9.86. The highest BCUT2D eigenvalue weighted by atomic mass is 16.3.